The fraction of sp³-hybridized carbons (Fsp3) is 0.0909. The van der Waals surface area contributed by atoms with Crippen molar-refractivity contribution >= 4 is 16.5 Å². The van der Waals surface area contributed by atoms with Gasteiger partial charge in [0.25, 0.3) is 0 Å². The molecule has 0 radical (unpaired) electrons. The maximum Gasteiger partial charge on any atom is 0.196 e. The van der Waals surface area contributed by atoms with E-state index in [9.17, 15) is 0 Å². The molecule has 1 aromatic heterocycles. The highest BCUT2D eigenvalue weighted by molar-refractivity contribution is 7.14. The molecule has 4 nitrogen and oxygen atoms in total. The Balaban J connectivity index is 2.25. The summed E-state index contributed by atoms with van der Waals surface area (Å²) in [7, 11) is 1.63. The van der Waals surface area contributed by atoms with Crippen molar-refractivity contribution in [1.82, 2.24) is 4.98 Å². The monoisotopic (exact) mass is 231 g/mol. The van der Waals surface area contributed by atoms with Crippen LogP contribution in [0.3, 0.4) is 0 Å². The van der Waals surface area contributed by atoms with Gasteiger partial charge in [-0.2, -0.15) is 5.26 Å². The molecule has 0 atom stereocenters. The number of hydrogen-bond acceptors (Lipinski definition) is 5. The van der Waals surface area contributed by atoms with Crippen LogP contribution in [0.5, 0.6) is 5.75 Å². The van der Waals surface area contributed by atoms with Crippen molar-refractivity contribution < 1.29 is 4.74 Å². The molecular weight excluding hydrogens is 222 g/mol. The lowest BCUT2D eigenvalue weighted by molar-refractivity contribution is 0.415. The lowest BCUT2D eigenvalue weighted by atomic mass is 10.2. The topological polar surface area (TPSA) is 57.9 Å². The minimum Gasteiger partial charge on any atom is -0.497 e. The minimum absolute atomic E-state index is 0.605. The number of ether oxygens (including phenoxy) is 1. The number of rotatable bonds is 3. The molecule has 80 valence electrons. The van der Waals surface area contributed by atoms with Gasteiger partial charge in [-0.15, -0.1) is 11.3 Å². The Morgan fingerprint density at radius 3 is 2.75 bits per heavy atom. The predicted octanol–water partition coefficient (Wildman–Crippen LogP) is 2.71. The highest BCUT2D eigenvalue weighted by atomic mass is 32.1. The Labute approximate surface area is 97.1 Å². The van der Waals surface area contributed by atoms with Gasteiger partial charge in [0.15, 0.2) is 11.3 Å². The molecule has 16 heavy (non-hydrogen) atoms. The number of aromatic nitrogens is 1. The van der Waals surface area contributed by atoms with Crippen molar-refractivity contribution in [2.45, 2.75) is 0 Å². The molecule has 1 N–H and O–H groups in total. The molecule has 0 aliphatic rings. The van der Waals surface area contributed by atoms with Gasteiger partial charge in [0.05, 0.1) is 12.8 Å². The molecule has 5 heteroatoms. The Morgan fingerprint density at radius 2 is 2.12 bits per heavy atom. The van der Waals surface area contributed by atoms with Crippen LogP contribution in [0.1, 0.15) is 0 Å². The van der Waals surface area contributed by atoms with Crippen LogP contribution in [-0.4, -0.2) is 12.1 Å². The number of methoxy groups -OCH3 is 1. The smallest absolute Gasteiger partial charge is 0.196 e. The van der Waals surface area contributed by atoms with Crippen LogP contribution in [0.15, 0.2) is 29.6 Å². The molecule has 0 saturated carbocycles. The SMILES string of the molecule is COc1ccc(-c2csc(NC#N)n2)cc1. The van der Waals surface area contributed by atoms with E-state index in [-0.39, 0.29) is 0 Å². The Bertz CT molecular complexity index is 513. The van der Waals surface area contributed by atoms with Crippen LogP contribution in [0.4, 0.5) is 5.13 Å². The zero-order valence-corrected chi connectivity index (χ0v) is 9.41. The number of nitrogens with zero attached hydrogens (tertiary/aromatic N) is 2. The third-order valence-corrected chi connectivity index (χ3v) is 2.81. The van der Waals surface area contributed by atoms with Gasteiger partial charge in [0.2, 0.25) is 0 Å². The zero-order valence-electron chi connectivity index (χ0n) is 8.60. The van der Waals surface area contributed by atoms with Gasteiger partial charge in [-0.25, -0.2) is 4.98 Å². The van der Waals surface area contributed by atoms with Crippen LogP contribution in [0.2, 0.25) is 0 Å². The molecule has 2 rings (SSSR count). The second-order valence-corrected chi connectivity index (χ2v) is 3.86. The lowest BCUT2D eigenvalue weighted by Gasteiger charge is -2.00. The maximum absolute atomic E-state index is 8.46. The molecule has 0 fully saturated rings. The van der Waals surface area contributed by atoms with Gasteiger partial charge in [-0.3, -0.25) is 5.32 Å². The second-order valence-electron chi connectivity index (χ2n) is 3.00. The molecule has 1 aromatic carbocycles. The molecule has 2 aromatic rings. The molecule has 0 amide bonds. The summed E-state index contributed by atoms with van der Waals surface area (Å²) in [4.78, 5) is 4.27. The maximum atomic E-state index is 8.46. The quantitative estimate of drug-likeness (QED) is 0.651. The summed E-state index contributed by atoms with van der Waals surface area (Å²) in [5.74, 6) is 0.814. The first-order valence-electron chi connectivity index (χ1n) is 4.58. The number of hydrogen-bond donors (Lipinski definition) is 1. The minimum atomic E-state index is 0.605. The number of nitrogens with one attached hydrogen (secondary N) is 1. The molecule has 0 aliphatic heterocycles. The Kier molecular flexibility index (Phi) is 3.03. The number of thiazole rings is 1. The number of nitriles is 1. The molecule has 0 unspecified atom stereocenters. The van der Waals surface area contributed by atoms with E-state index in [4.69, 9.17) is 10.00 Å². The predicted molar refractivity (Wildman–Crippen MR) is 63.3 cm³/mol. The van der Waals surface area contributed by atoms with Crippen LogP contribution in [0.25, 0.3) is 11.3 Å². The average molecular weight is 231 g/mol. The van der Waals surface area contributed by atoms with Gasteiger partial charge in [0, 0.05) is 10.9 Å². The number of benzene rings is 1. The third-order valence-electron chi connectivity index (χ3n) is 2.05. The Morgan fingerprint density at radius 1 is 1.38 bits per heavy atom. The summed E-state index contributed by atoms with van der Waals surface area (Å²) in [5, 5.41) is 13.5. The first kappa shape index (κ1) is 10.5. The zero-order chi connectivity index (χ0) is 11.4. The molecule has 0 aliphatic carbocycles. The average Bonchev–Trinajstić information content (AvgIpc) is 2.78. The van der Waals surface area contributed by atoms with Crippen LogP contribution < -0.4 is 10.1 Å². The third kappa shape index (κ3) is 2.12. The first-order valence-corrected chi connectivity index (χ1v) is 5.46. The summed E-state index contributed by atoms with van der Waals surface area (Å²) in [6.07, 6.45) is 1.84. The van der Waals surface area contributed by atoms with Crippen LogP contribution in [0, 0.1) is 11.5 Å². The molecule has 1 heterocycles. The molecule has 0 bridgehead atoms. The van der Waals surface area contributed by atoms with Gasteiger partial charge in [-0.1, -0.05) is 0 Å². The van der Waals surface area contributed by atoms with E-state index in [1.54, 1.807) is 7.11 Å². The summed E-state index contributed by atoms with van der Waals surface area (Å²) in [6.45, 7) is 0. The van der Waals surface area contributed by atoms with E-state index in [0.717, 1.165) is 17.0 Å². The fourth-order valence-corrected chi connectivity index (χ4v) is 1.94. The number of anilines is 1. The van der Waals surface area contributed by atoms with Crippen molar-refractivity contribution in [2.24, 2.45) is 0 Å². The van der Waals surface area contributed by atoms with Crippen molar-refractivity contribution in [3.05, 3.63) is 29.6 Å². The summed E-state index contributed by atoms with van der Waals surface area (Å²) >= 11 is 1.40. The molecular formula is C11H9N3OS. The highest BCUT2D eigenvalue weighted by Crippen LogP contribution is 2.26. The summed E-state index contributed by atoms with van der Waals surface area (Å²) < 4.78 is 5.08. The van der Waals surface area contributed by atoms with Crippen molar-refractivity contribution in [2.75, 3.05) is 12.4 Å². The van der Waals surface area contributed by atoms with Gasteiger partial charge < -0.3 is 4.74 Å². The van der Waals surface area contributed by atoms with E-state index in [1.165, 1.54) is 11.3 Å². The normalized spacial score (nSPS) is 9.50. The Hall–Kier alpha value is -2.06. The van der Waals surface area contributed by atoms with E-state index in [2.05, 4.69) is 10.3 Å². The second kappa shape index (κ2) is 4.64. The highest BCUT2D eigenvalue weighted by Gasteiger charge is 2.03. The van der Waals surface area contributed by atoms with Crippen molar-refractivity contribution in [3.63, 3.8) is 0 Å². The largest absolute Gasteiger partial charge is 0.497 e. The van der Waals surface area contributed by atoms with Gasteiger partial charge >= 0.3 is 0 Å². The van der Waals surface area contributed by atoms with Crippen molar-refractivity contribution in [3.8, 4) is 23.2 Å². The first-order chi connectivity index (χ1) is 7.83. The van der Waals surface area contributed by atoms with Crippen molar-refractivity contribution in [1.29, 1.82) is 5.26 Å². The lowest BCUT2D eigenvalue weighted by Crippen LogP contribution is -1.86. The fourth-order valence-electron chi connectivity index (χ4n) is 1.27. The van der Waals surface area contributed by atoms with E-state index < -0.39 is 0 Å². The van der Waals surface area contributed by atoms with Crippen LogP contribution in [-0.2, 0) is 0 Å². The summed E-state index contributed by atoms with van der Waals surface area (Å²) in [6, 6.07) is 7.63. The van der Waals surface area contributed by atoms with Crippen LogP contribution >= 0.6 is 11.3 Å². The molecule has 0 saturated heterocycles. The van der Waals surface area contributed by atoms with Gasteiger partial charge in [0.1, 0.15) is 5.75 Å². The van der Waals surface area contributed by atoms with E-state index in [1.807, 2.05) is 35.8 Å². The van der Waals surface area contributed by atoms with E-state index >= 15 is 0 Å². The summed E-state index contributed by atoms with van der Waals surface area (Å²) in [5.41, 5.74) is 1.86. The van der Waals surface area contributed by atoms with Gasteiger partial charge in [-0.05, 0) is 24.3 Å². The van der Waals surface area contributed by atoms with E-state index in [0.29, 0.717) is 5.13 Å². The molecule has 0 spiro atoms. The standard InChI is InChI=1S/C11H9N3OS/c1-15-9-4-2-8(3-5-9)10-6-16-11(14-10)13-7-12/h2-6H,1H3,(H,13,14).